The molecule has 3 N–H and O–H groups in total. The van der Waals surface area contributed by atoms with Crippen LogP contribution in [0, 0.1) is 5.92 Å². The first-order valence-corrected chi connectivity index (χ1v) is 6.32. The SMILES string of the molecule is CCOC(C1CC1)C(Cc1ccccn1)NN. The van der Waals surface area contributed by atoms with Gasteiger partial charge in [-0.2, -0.15) is 0 Å². The van der Waals surface area contributed by atoms with Crippen molar-refractivity contribution in [1.82, 2.24) is 10.4 Å². The van der Waals surface area contributed by atoms with E-state index in [0.29, 0.717) is 5.92 Å². The molecule has 1 fully saturated rings. The van der Waals surface area contributed by atoms with Crippen molar-refractivity contribution in [2.45, 2.75) is 38.3 Å². The van der Waals surface area contributed by atoms with Gasteiger partial charge in [-0.05, 0) is 37.8 Å². The Balaban J connectivity index is 1.99. The fourth-order valence-corrected chi connectivity index (χ4v) is 2.21. The molecule has 2 atom stereocenters. The molecule has 0 spiro atoms. The van der Waals surface area contributed by atoms with E-state index in [9.17, 15) is 0 Å². The van der Waals surface area contributed by atoms with Crippen molar-refractivity contribution in [2.75, 3.05) is 6.61 Å². The molecule has 0 aliphatic heterocycles. The minimum absolute atomic E-state index is 0.150. The number of nitrogens with one attached hydrogen (secondary N) is 1. The number of aromatic nitrogens is 1. The van der Waals surface area contributed by atoms with Crippen molar-refractivity contribution in [2.24, 2.45) is 11.8 Å². The molecule has 0 radical (unpaired) electrons. The Morgan fingerprint density at radius 3 is 2.88 bits per heavy atom. The summed E-state index contributed by atoms with van der Waals surface area (Å²) in [4.78, 5) is 4.34. The normalized spacial score (nSPS) is 18.9. The Labute approximate surface area is 103 Å². The Bertz CT molecular complexity index is 327. The maximum atomic E-state index is 5.82. The van der Waals surface area contributed by atoms with Crippen LogP contribution >= 0.6 is 0 Å². The Hall–Kier alpha value is -0.970. The smallest absolute Gasteiger partial charge is 0.0773 e. The lowest BCUT2D eigenvalue weighted by molar-refractivity contribution is 0.0190. The lowest BCUT2D eigenvalue weighted by atomic mass is 10.0. The second-order valence-electron chi connectivity index (χ2n) is 4.56. The van der Waals surface area contributed by atoms with Crippen molar-refractivity contribution in [3.8, 4) is 0 Å². The fraction of sp³-hybridized carbons (Fsp3) is 0.615. The van der Waals surface area contributed by atoms with Crippen LogP contribution in [-0.2, 0) is 11.2 Å². The topological polar surface area (TPSA) is 60.2 Å². The highest BCUT2D eigenvalue weighted by molar-refractivity contribution is 5.07. The highest BCUT2D eigenvalue weighted by atomic mass is 16.5. The van der Waals surface area contributed by atoms with E-state index in [4.69, 9.17) is 10.6 Å². The van der Waals surface area contributed by atoms with Gasteiger partial charge >= 0.3 is 0 Å². The largest absolute Gasteiger partial charge is 0.377 e. The summed E-state index contributed by atoms with van der Waals surface area (Å²) in [5.41, 5.74) is 3.95. The van der Waals surface area contributed by atoms with Crippen LogP contribution in [0.4, 0.5) is 0 Å². The van der Waals surface area contributed by atoms with E-state index in [1.807, 2.05) is 31.3 Å². The molecule has 4 nitrogen and oxygen atoms in total. The molecule has 94 valence electrons. The second-order valence-corrected chi connectivity index (χ2v) is 4.56. The zero-order chi connectivity index (χ0) is 12.1. The van der Waals surface area contributed by atoms with Crippen LogP contribution in [0.2, 0.25) is 0 Å². The van der Waals surface area contributed by atoms with Crippen molar-refractivity contribution in [3.63, 3.8) is 0 Å². The summed E-state index contributed by atoms with van der Waals surface area (Å²) in [6.45, 7) is 2.77. The number of nitrogens with zero attached hydrogens (tertiary/aromatic N) is 1. The van der Waals surface area contributed by atoms with Crippen molar-refractivity contribution in [3.05, 3.63) is 30.1 Å². The van der Waals surface area contributed by atoms with Gasteiger partial charge in [0, 0.05) is 24.9 Å². The summed E-state index contributed by atoms with van der Waals surface area (Å²) >= 11 is 0. The van der Waals surface area contributed by atoms with E-state index in [1.54, 1.807) is 0 Å². The average Bonchev–Trinajstić information content (AvgIpc) is 3.19. The molecule has 2 rings (SSSR count). The maximum Gasteiger partial charge on any atom is 0.0773 e. The van der Waals surface area contributed by atoms with Crippen molar-refractivity contribution >= 4 is 0 Å². The number of ether oxygens (including phenoxy) is 1. The first-order valence-electron chi connectivity index (χ1n) is 6.32. The summed E-state index contributed by atoms with van der Waals surface area (Å²) in [7, 11) is 0. The van der Waals surface area contributed by atoms with E-state index in [1.165, 1.54) is 12.8 Å². The summed E-state index contributed by atoms with van der Waals surface area (Å²) in [5.74, 6) is 6.33. The zero-order valence-electron chi connectivity index (χ0n) is 10.3. The number of hydrazine groups is 1. The van der Waals surface area contributed by atoms with Gasteiger partial charge in [0.2, 0.25) is 0 Å². The quantitative estimate of drug-likeness (QED) is 0.552. The third-order valence-corrected chi connectivity index (χ3v) is 3.21. The highest BCUT2D eigenvalue weighted by Gasteiger charge is 2.37. The third-order valence-electron chi connectivity index (χ3n) is 3.21. The molecule has 0 aromatic carbocycles. The number of nitrogens with two attached hydrogens (primary N) is 1. The lowest BCUT2D eigenvalue weighted by Crippen LogP contribution is -2.47. The predicted octanol–water partition coefficient (Wildman–Crippen LogP) is 1.27. The summed E-state index contributed by atoms with van der Waals surface area (Å²) in [5, 5.41) is 0. The molecule has 0 amide bonds. The van der Waals surface area contributed by atoms with Crippen molar-refractivity contribution < 1.29 is 4.74 Å². The molecular weight excluding hydrogens is 214 g/mol. The van der Waals surface area contributed by atoms with E-state index in [-0.39, 0.29) is 12.1 Å². The van der Waals surface area contributed by atoms with Crippen molar-refractivity contribution in [1.29, 1.82) is 0 Å². The van der Waals surface area contributed by atoms with Crippen LogP contribution in [0.15, 0.2) is 24.4 Å². The third kappa shape index (κ3) is 3.49. The molecule has 2 unspecified atom stereocenters. The van der Waals surface area contributed by atoms with Crippen LogP contribution in [0.25, 0.3) is 0 Å². The average molecular weight is 235 g/mol. The zero-order valence-corrected chi connectivity index (χ0v) is 10.3. The monoisotopic (exact) mass is 235 g/mol. The standard InChI is InChI=1S/C13H21N3O/c1-2-17-13(10-6-7-10)12(16-14)9-11-5-3-4-8-15-11/h3-5,8,10,12-13,16H,2,6-7,9,14H2,1H3. The highest BCUT2D eigenvalue weighted by Crippen LogP contribution is 2.36. The number of hydrogen-bond donors (Lipinski definition) is 2. The molecule has 4 heteroatoms. The molecule has 1 aromatic heterocycles. The Morgan fingerprint density at radius 2 is 2.35 bits per heavy atom. The van der Waals surface area contributed by atoms with Gasteiger partial charge in [-0.25, -0.2) is 0 Å². The molecule has 0 saturated heterocycles. The van der Waals surface area contributed by atoms with E-state index < -0.39 is 0 Å². The predicted molar refractivity (Wildman–Crippen MR) is 67.2 cm³/mol. The molecule has 1 aliphatic rings. The maximum absolute atomic E-state index is 5.82. The molecular formula is C13H21N3O. The Morgan fingerprint density at radius 1 is 1.53 bits per heavy atom. The van der Waals surface area contributed by atoms with Gasteiger partial charge in [0.15, 0.2) is 0 Å². The van der Waals surface area contributed by atoms with Crippen LogP contribution in [0.3, 0.4) is 0 Å². The van der Waals surface area contributed by atoms with E-state index in [2.05, 4.69) is 10.4 Å². The summed E-state index contributed by atoms with van der Waals surface area (Å²) in [6.07, 6.45) is 5.36. The Kier molecular flexibility index (Phi) is 4.48. The number of pyridine rings is 1. The van der Waals surface area contributed by atoms with Gasteiger partial charge in [-0.15, -0.1) is 0 Å². The summed E-state index contributed by atoms with van der Waals surface area (Å²) in [6, 6.07) is 6.11. The van der Waals surface area contributed by atoms with Crippen LogP contribution in [0.5, 0.6) is 0 Å². The van der Waals surface area contributed by atoms with Crippen LogP contribution < -0.4 is 11.3 Å². The molecule has 1 heterocycles. The minimum atomic E-state index is 0.150. The van der Waals surface area contributed by atoms with Gasteiger partial charge < -0.3 is 4.74 Å². The van der Waals surface area contributed by atoms with Gasteiger partial charge in [-0.1, -0.05) is 6.07 Å². The van der Waals surface area contributed by atoms with Crippen LogP contribution in [-0.4, -0.2) is 23.7 Å². The lowest BCUT2D eigenvalue weighted by Gasteiger charge is -2.26. The fourth-order valence-electron chi connectivity index (χ4n) is 2.21. The molecule has 0 bridgehead atoms. The molecule has 1 aromatic rings. The molecule has 1 saturated carbocycles. The van der Waals surface area contributed by atoms with Gasteiger partial charge in [-0.3, -0.25) is 16.3 Å². The number of hydrogen-bond acceptors (Lipinski definition) is 4. The minimum Gasteiger partial charge on any atom is -0.377 e. The molecule has 17 heavy (non-hydrogen) atoms. The van der Waals surface area contributed by atoms with Crippen LogP contribution in [0.1, 0.15) is 25.5 Å². The molecule has 1 aliphatic carbocycles. The van der Waals surface area contributed by atoms with Gasteiger partial charge in [0.25, 0.3) is 0 Å². The first kappa shape index (κ1) is 12.5. The van der Waals surface area contributed by atoms with E-state index in [0.717, 1.165) is 18.7 Å². The number of rotatable bonds is 7. The second kappa shape index (κ2) is 6.10. The van der Waals surface area contributed by atoms with E-state index >= 15 is 0 Å². The van der Waals surface area contributed by atoms with Gasteiger partial charge in [0.1, 0.15) is 0 Å². The van der Waals surface area contributed by atoms with Gasteiger partial charge in [0.05, 0.1) is 12.1 Å². The summed E-state index contributed by atoms with van der Waals surface area (Å²) < 4.78 is 5.82. The first-order chi connectivity index (χ1) is 8.35.